The van der Waals surface area contributed by atoms with Gasteiger partial charge in [0.15, 0.2) is 0 Å². The summed E-state index contributed by atoms with van der Waals surface area (Å²) in [6.45, 7) is -0.128. The van der Waals surface area contributed by atoms with Crippen LogP contribution in [-0.2, 0) is 4.79 Å². The van der Waals surface area contributed by atoms with Gasteiger partial charge >= 0.3 is 6.18 Å². The number of carbonyl (C=O) groups excluding carboxylic acids is 1. The second kappa shape index (κ2) is 7.19. The second-order valence-electron chi connectivity index (χ2n) is 6.11. The highest BCUT2D eigenvalue weighted by atomic mass is 79.9. The number of benzene rings is 1. The van der Waals surface area contributed by atoms with Gasteiger partial charge in [0.1, 0.15) is 6.54 Å². The first-order chi connectivity index (χ1) is 11.8. The number of alkyl halides is 3. The standard InChI is InChI=1S/C17H17BrF3N3O/c18-12-3-4-14-13(8-12)15(5-6-22-14)24-7-1-2-11(9-24)16(25)23-10-17(19,20)21/h3-6,8,11H,1-2,7,9-10H2,(H,23,25). The van der Waals surface area contributed by atoms with Gasteiger partial charge in [-0.25, -0.2) is 0 Å². The molecule has 2 aromatic rings. The molecule has 0 radical (unpaired) electrons. The van der Waals surface area contributed by atoms with E-state index in [9.17, 15) is 18.0 Å². The lowest BCUT2D eigenvalue weighted by atomic mass is 9.96. The number of pyridine rings is 1. The first-order valence-electron chi connectivity index (χ1n) is 7.97. The van der Waals surface area contributed by atoms with E-state index in [0.29, 0.717) is 13.0 Å². The molecule has 1 atom stereocenters. The molecule has 0 aliphatic carbocycles. The summed E-state index contributed by atoms with van der Waals surface area (Å²) in [4.78, 5) is 18.5. The normalized spacial score (nSPS) is 18.4. The molecule has 1 N–H and O–H groups in total. The molecule has 1 aliphatic heterocycles. The molecule has 1 fully saturated rings. The molecule has 2 heterocycles. The molecule has 1 aromatic heterocycles. The molecule has 1 unspecified atom stereocenters. The van der Waals surface area contributed by atoms with E-state index in [1.165, 1.54) is 0 Å². The van der Waals surface area contributed by atoms with Gasteiger partial charge in [-0.15, -0.1) is 0 Å². The highest BCUT2D eigenvalue weighted by molar-refractivity contribution is 9.10. The number of anilines is 1. The second-order valence-corrected chi connectivity index (χ2v) is 7.03. The van der Waals surface area contributed by atoms with Gasteiger partial charge in [-0.3, -0.25) is 9.78 Å². The fraction of sp³-hybridized carbons (Fsp3) is 0.412. The van der Waals surface area contributed by atoms with E-state index in [4.69, 9.17) is 0 Å². The van der Waals surface area contributed by atoms with E-state index in [1.54, 1.807) is 6.20 Å². The Balaban J connectivity index is 1.78. The molecular weight excluding hydrogens is 399 g/mol. The highest BCUT2D eigenvalue weighted by Gasteiger charge is 2.31. The van der Waals surface area contributed by atoms with Crippen molar-refractivity contribution in [1.29, 1.82) is 0 Å². The van der Waals surface area contributed by atoms with Crippen molar-refractivity contribution >= 4 is 38.4 Å². The molecule has 8 heteroatoms. The summed E-state index contributed by atoms with van der Waals surface area (Å²) >= 11 is 3.45. The van der Waals surface area contributed by atoms with Crippen molar-refractivity contribution in [2.75, 3.05) is 24.5 Å². The lowest BCUT2D eigenvalue weighted by Gasteiger charge is -2.34. The van der Waals surface area contributed by atoms with E-state index in [-0.39, 0.29) is 0 Å². The molecule has 0 spiro atoms. The van der Waals surface area contributed by atoms with Crippen molar-refractivity contribution in [3.05, 3.63) is 34.9 Å². The maximum absolute atomic E-state index is 12.3. The van der Waals surface area contributed by atoms with Crippen LogP contribution in [0, 0.1) is 5.92 Å². The Bertz CT molecular complexity index is 781. The van der Waals surface area contributed by atoms with E-state index in [0.717, 1.165) is 34.0 Å². The zero-order valence-corrected chi connectivity index (χ0v) is 14.9. The number of piperidine rings is 1. The maximum atomic E-state index is 12.3. The average molecular weight is 416 g/mol. The molecule has 0 saturated carbocycles. The molecule has 1 aromatic carbocycles. The van der Waals surface area contributed by atoms with E-state index in [1.807, 2.05) is 29.6 Å². The fourth-order valence-electron chi connectivity index (χ4n) is 3.12. The Kier molecular flexibility index (Phi) is 5.17. The van der Waals surface area contributed by atoms with Crippen molar-refractivity contribution in [3.63, 3.8) is 0 Å². The van der Waals surface area contributed by atoms with Gasteiger partial charge in [0.25, 0.3) is 0 Å². The lowest BCUT2D eigenvalue weighted by molar-refractivity contribution is -0.140. The van der Waals surface area contributed by atoms with Crippen LogP contribution >= 0.6 is 15.9 Å². The zero-order valence-electron chi connectivity index (χ0n) is 13.3. The Morgan fingerprint density at radius 2 is 2.16 bits per heavy atom. The summed E-state index contributed by atoms with van der Waals surface area (Å²) in [6.07, 6.45) is -1.34. The Hall–Kier alpha value is -1.83. The molecule has 1 aliphatic rings. The van der Waals surface area contributed by atoms with Crippen LogP contribution < -0.4 is 10.2 Å². The number of rotatable bonds is 3. The monoisotopic (exact) mass is 415 g/mol. The van der Waals surface area contributed by atoms with Gasteiger partial charge in [-0.2, -0.15) is 13.2 Å². The van der Waals surface area contributed by atoms with Gasteiger partial charge in [0.05, 0.1) is 11.4 Å². The smallest absolute Gasteiger partial charge is 0.370 e. The predicted octanol–water partition coefficient (Wildman–Crippen LogP) is 3.89. The van der Waals surface area contributed by atoms with Crippen molar-refractivity contribution < 1.29 is 18.0 Å². The largest absolute Gasteiger partial charge is 0.405 e. The number of nitrogens with zero attached hydrogens (tertiary/aromatic N) is 2. The molecular formula is C17H17BrF3N3O. The Morgan fingerprint density at radius 1 is 1.36 bits per heavy atom. The molecule has 25 heavy (non-hydrogen) atoms. The van der Waals surface area contributed by atoms with Crippen LogP contribution in [0.3, 0.4) is 0 Å². The van der Waals surface area contributed by atoms with E-state index >= 15 is 0 Å². The molecule has 3 rings (SSSR count). The van der Waals surface area contributed by atoms with E-state index in [2.05, 4.69) is 25.8 Å². The van der Waals surface area contributed by atoms with Gasteiger partial charge in [0, 0.05) is 34.8 Å². The van der Waals surface area contributed by atoms with Gasteiger partial charge in [-0.05, 0) is 37.1 Å². The fourth-order valence-corrected chi connectivity index (χ4v) is 3.48. The summed E-state index contributed by atoms with van der Waals surface area (Å²) in [6, 6.07) is 7.65. The number of hydrogen-bond donors (Lipinski definition) is 1. The first-order valence-corrected chi connectivity index (χ1v) is 8.76. The minimum absolute atomic E-state index is 0.398. The summed E-state index contributed by atoms with van der Waals surface area (Å²) in [5.41, 5.74) is 1.78. The lowest BCUT2D eigenvalue weighted by Crippen LogP contribution is -2.45. The molecule has 1 amide bonds. The summed E-state index contributed by atoms with van der Waals surface area (Å²) in [7, 11) is 0. The average Bonchev–Trinajstić information content (AvgIpc) is 2.58. The highest BCUT2D eigenvalue weighted by Crippen LogP contribution is 2.31. The third-order valence-corrected chi connectivity index (χ3v) is 4.77. The third kappa shape index (κ3) is 4.42. The number of hydrogen-bond acceptors (Lipinski definition) is 3. The van der Waals surface area contributed by atoms with E-state index < -0.39 is 24.5 Å². The topological polar surface area (TPSA) is 45.2 Å². The van der Waals surface area contributed by atoms with Crippen LogP contribution in [0.1, 0.15) is 12.8 Å². The van der Waals surface area contributed by atoms with Gasteiger partial charge in [-0.1, -0.05) is 15.9 Å². The molecule has 0 bridgehead atoms. The number of carbonyl (C=O) groups is 1. The SMILES string of the molecule is O=C(NCC(F)(F)F)C1CCCN(c2ccnc3ccc(Br)cc23)C1. The first kappa shape index (κ1) is 18.0. The maximum Gasteiger partial charge on any atom is 0.405 e. The van der Waals surface area contributed by atoms with Crippen LogP contribution in [-0.4, -0.2) is 36.7 Å². The molecule has 1 saturated heterocycles. The van der Waals surface area contributed by atoms with Gasteiger partial charge in [0.2, 0.25) is 5.91 Å². The van der Waals surface area contributed by atoms with Crippen LogP contribution in [0.2, 0.25) is 0 Å². The van der Waals surface area contributed by atoms with Crippen molar-refractivity contribution in [3.8, 4) is 0 Å². The number of halogens is 4. The van der Waals surface area contributed by atoms with Crippen LogP contribution in [0.25, 0.3) is 10.9 Å². The third-order valence-electron chi connectivity index (χ3n) is 4.28. The Morgan fingerprint density at radius 3 is 2.92 bits per heavy atom. The quantitative estimate of drug-likeness (QED) is 0.826. The summed E-state index contributed by atoms with van der Waals surface area (Å²) < 4.78 is 37.8. The number of fused-ring (bicyclic) bond motifs is 1. The summed E-state index contributed by atoms with van der Waals surface area (Å²) in [5, 5.41) is 2.95. The number of nitrogens with one attached hydrogen (secondary N) is 1. The number of aromatic nitrogens is 1. The minimum atomic E-state index is -4.39. The number of amides is 1. The van der Waals surface area contributed by atoms with Gasteiger partial charge < -0.3 is 10.2 Å². The van der Waals surface area contributed by atoms with Crippen molar-refractivity contribution in [1.82, 2.24) is 10.3 Å². The Labute approximate surface area is 151 Å². The van der Waals surface area contributed by atoms with Crippen LogP contribution in [0.5, 0.6) is 0 Å². The zero-order chi connectivity index (χ0) is 18.0. The van der Waals surface area contributed by atoms with Crippen molar-refractivity contribution in [2.45, 2.75) is 19.0 Å². The molecule has 134 valence electrons. The van der Waals surface area contributed by atoms with Crippen LogP contribution in [0.15, 0.2) is 34.9 Å². The molecule has 4 nitrogen and oxygen atoms in total. The van der Waals surface area contributed by atoms with Crippen molar-refractivity contribution in [2.24, 2.45) is 5.92 Å². The minimum Gasteiger partial charge on any atom is -0.370 e. The predicted molar refractivity (Wildman–Crippen MR) is 93.4 cm³/mol. The van der Waals surface area contributed by atoms with Crippen LogP contribution in [0.4, 0.5) is 18.9 Å². The summed E-state index contributed by atoms with van der Waals surface area (Å²) in [5.74, 6) is -0.993.